The molecule has 0 saturated carbocycles. The van der Waals surface area contributed by atoms with Crippen LogP contribution in [0.15, 0.2) is 30.4 Å². The third kappa shape index (κ3) is 2.14. The van der Waals surface area contributed by atoms with Crippen LogP contribution in [0.4, 0.5) is 5.69 Å². The van der Waals surface area contributed by atoms with E-state index in [1.54, 1.807) is 0 Å². The van der Waals surface area contributed by atoms with Crippen molar-refractivity contribution in [3.63, 3.8) is 0 Å². The number of aryl methyl sites for hydroxylation is 2. The second-order valence-electron chi connectivity index (χ2n) is 4.12. The minimum atomic E-state index is -0.326. The van der Waals surface area contributed by atoms with Gasteiger partial charge in [0.2, 0.25) is 0 Å². The van der Waals surface area contributed by atoms with Crippen molar-refractivity contribution in [1.82, 2.24) is 5.01 Å². The number of imide groups is 1. The molecular weight excluding hydrogens is 228 g/mol. The summed E-state index contributed by atoms with van der Waals surface area (Å²) < 4.78 is 0. The predicted octanol–water partition coefficient (Wildman–Crippen LogP) is 2.06. The van der Waals surface area contributed by atoms with Gasteiger partial charge >= 0.3 is 0 Å². The lowest BCUT2D eigenvalue weighted by Gasteiger charge is -2.21. The van der Waals surface area contributed by atoms with Gasteiger partial charge in [-0.05, 0) is 24.0 Å². The zero-order valence-electron chi connectivity index (χ0n) is 10.6. The smallest absolute Gasteiger partial charge is 0.272 e. The molecule has 4 nitrogen and oxygen atoms in total. The highest BCUT2D eigenvalue weighted by Crippen LogP contribution is 2.24. The molecule has 0 fully saturated rings. The first-order chi connectivity index (χ1) is 8.67. The number of anilines is 1. The van der Waals surface area contributed by atoms with Crippen LogP contribution in [-0.4, -0.2) is 16.8 Å². The minimum absolute atomic E-state index is 0.326. The standard InChI is InChI=1S/C14H16N2O2/c1-3-10-6-5-7-11(4-2)14(10)15-16-12(17)8-9-13(16)18/h5-9,15H,3-4H2,1-2H3. The van der Waals surface area contributed by atoms with E-state index in [4.69, 9.17) is 0 Å². The number of para-hydroxylation sites is 1. The highest BCUT2D eigenvalue weighted by Gasteiger charge is 2.24. The molecule has 0 spiro atoms. The van der Waals surface area contributed by atoms with Crippen LogP contribution in [0.2, 0.25) is 0 Å². The van der Waals surface area contributed by atoms with Crippen LogP contribution in [0, 0.1) is 0 Å². The molecule has 1 aliphatic heterocycles. The van der Waals surface area contributed by atoms with Crippen LogP contribution < -0.4 is 5.43 Å². The molecule has 2 amide bonds. The molecule has 0 unspecified atom stereocenters. The summed E-state index contributed by atoms with van der Waals surface area (Å²) in [5.41, 5.74) is 6.02. The number of carbonyl (C=O) groups excluding carboxylic acids is 2. The normalized spacial score (nSPS) is 14.4. The number of hydrogen-bond donors (Lipinski definition) is 1. The molecule has 4 heteroatoms. The van der Waals surface area contributed by atoms with E-state index in [0.717, 1.165) is 34.7 Å². The fourth-order valence-corrected chi connectivity index (χ4v) is 2.01. The molecular formula is C14H16N2O2. The molecule has 0 radical (unpaired) electrons. The van der Waals surface area contributed by atoms with E-state index in [1.807, 2.05) is 32.0 Å². The number of amides is 2. The summed E-state index contributed by atoms with van der Waals surface area (Å²) in [6.07, 6.45) is 4.24. The van der Waals surface area contributed by atoms with E-state index >= 15 is 0 Å². The van der Waals surface area contributed by atoms with Crippen molar-refractivity contribution in [2.75, 3.05) is 5.43 Å². The number of rotatable bonds is 4. The summed E-state index contributed by atoms with van der Waals surface area (Å²) in [5.74, 6) is -0.652. The van der Waals surface area contributed by atoms with Crippen LogP contribution in [-0.2, 0) is 22.4 Å². The number of carbonyl (C=O) groups is 2. The fraction of sp³-hybridized carbons (Fsp3) is 0.286. The van der Waals surface area contributed by atoms with Gasteiger partial charge in [-0.25, -0.2) is 0 Å². The van der Waals surface area contributed by atoms with Crippen molar-refractivity contribution in [2.45, 2.75) is 26.7 Å². The van der Waals surface area contributed by atoms with Crippen LogP contribution in [0.3, 0.4) is 0 Å². The number of nitrogens with zero attached hydrogens (tertiary/aromatic N) is 1. The average Bonchev–Trinajstić information content (AvgIpc) is 2.70. The van der Waals surface area contributed by atoms with Gasteiger partial charge in [-0.1, -0.05) is 32.0 Å². The Labute approximate surface area is 106 Å². The zero-order chi connectivity index (χ0) is 13.1. The zero-order valence-corrected chi connectivity index (χ0v) is 10.6. The van der Waals surface area contributed by atoms with Gasteiger partial charge < -0.3 is 0 Å². The molecule has 2 rings (SSSR count). The van der Waals surface area contributed by atoms with Gasteiger partial charge in [0.1, 0.15) is 0 Å². The Balaban J connectivity index is 2.33. The molecule has 18 heavy (non-hydrogen) atoms. The SMILES string of the molecule is CCc1cccc(CC)c1NN1C(=O)C=CC1=O. The van der Waals surface area contributed by atoms with E-state index in [0.29, 0.717) is 0 Å². The van der Waals surface area contributed by atoms with Crippen molar-refractivity contribution in [3.05, 3.63) is 41.5 Å². The van der Waals surface area contributed by atoms with Crippen molar-refractivity contribution < 1.29 is 9.59 Å². The van der Waals surface area contributed by atoms with E-state index in [9.17, 15) is 9.59 Å². The Hall–Kier alpha value is -2.10. The Kier molecular flexibility index (Phi) is 3.46. The molecule has 94 valence electrons. The first kappa shape index (κ1) is 12.4. The first-order valence-corrected chi connectivity index (χ1v) is 6.11. The van der Waals surface area contributed by atoms with E-state index in [2.05, 4.69) is 5.43 Å². The second-order valence-corrected chi connectivity index (χ2v) is 4.12. The van der Waals surface area contributed by atoms with Crippen LogP contribution in [0.1, 0.15) is 25.0 Å². The second kappa shape index (κ2) is 5.04. The maximum atomic E-state index is 11.5. The number of nitrogens with one attached hydrogen (secondary N) is 1. The summed E-state index contributed by atoms with van der Waals surface area (Å²) in [6.45, 7) is 4.09. The molecule has 1 aromatic rings. The molecule has 1 aliphatic rings. The Morgan fingerprint density at radius 2 is 1.50 bits per heavy atom. The lowest BCUT2D eigenvalue weighted by Crippen LogP contribution is -2.36. The topological polar surface area (TPSA) is 49.4 Å². The number of benzene rings is 1. The maximum Gasteiger partial charge on any atom is 0.272 e. The molecule has 0 aromatic heterocycles. The third-order valence-corrected chi connectivity index (χ3v) is 3.03. The van der Waals surface area contributed by atoms with Gasteiger partial charge in [-0.3, -0.25) is 15.0 Å². The van der Waals surface area contributed by atoms with Gasteiger partial charge in [-0.15, -0.1) is 0 Å². The van der Waals surface area contributed by atoms with Gasteiger partial charge in [0.25, 0.3) is 11.8 Å². The van der Waals surface area contributed by atoms with E-state index in [-0.39, 0.29) is 11.8 Å². The first-order valence-electron chi connectivity index (χ1n) is 6.11. The monoisotopic (exact) mass is 244 g/mol. The highest BCUT2D eigenvalue weighted by molar-refractivity contribution is 6.13. The van der Waals surface area contributed by atoms with E-state index in [1.165, 1.54) is 12.2 Å². The van der Waals surface area contributed by atoms with Gasteiger partial charge in [-0.2, -0.15) is 5.01 Å². The summed E-state index contributed by atoms with van der Waals surface area (Å²) in [6, 6.07) is 5.99. The molecule has 0 atom stereocenters. The van der Waals surface area contributed by atoms with Crippen molar-refractivity contribution >= 4 is 17.5 Å². The summed E-state index contributed by atoms with van der Waals surface area (Å²) >= 11 is 0. The lowest BCUT2D eigenvalue weighted by atomic mass is 10.0. The van der Waals surface area contributed by atoms with Crippen LogP contribution >= 0.6 is 0 Å². The molecule has 1 aromatic carbocycles. The largest absolute Gasteiger partial charge is 0.288 e. The van der Waals surface area contributed by atoms with Gasteiger partial charge in [0.15, 0.2) is 0 Å². The predicted molar refractivity (Wildman–Crippen MR) is 69.8 cm³/mol. The average molecular weight is 244 g/mol. The Morgan fingerprint density at radius 3 is 1.94 bits per heavy atom. The molecule has 1 N–H and O–H groups in total. The van der Waals surface area contributed by atoms with Gasteiger partial charge in [0.05, 0.1) is 5.69 Å². The van der Waals surface area contributed by atoms with Crippen molar-refractivity contribution in [3.8, 4) is 0 Å². The van der Waals surface area contributed by atoms with E-state index < -0.39 is 0 Å². The van der Waals surface area contributed by atoms with Crippen LogP contribution in [0.25, 0.3) is 0 Å². The molecule has 0 saturated heterocycles. The fourth-order valence-electron chi connectivity index (χ4n) is 2.01. The van der Waals surface area contributed by atoms with Crippen molar-refractivity contribution in [1.29, 1.82) is 0 Å². The minimum Gasteiger partial charge on any atom is -0.288 e. The Morgan fingerprint density at radius 1 is 1.00 bits per heavy atom. The lowest BCUT2D eigenvalue weighted by molar-refractivity contribution is -0.135. The molecule has 0 bridgehead atoms. The van der Waals surface area contributed by atoms with Crippen molar-refractivity contribution in [2.24, 2.45) is 0 Å². The third-order valence-electron chi connectivity index (χ3n) is 3.03. The molecule has 0 aliphatic carbocycles. The summed E-state index contributed by atoms with van der Waals surface area (Å²) in [5, 5.41) is 1.05. The maximum absolute atomic E-state index is 11.5. The van der Waals surface area contributed by atoms with Crippen LogP contribution in [0.5, 0.6) is 0 Å². The number of hydrazine groups is 1. The highest BCUT2D eigenvalue weighted by atomic mass is 16.2. The van der Waals surface area contributed by atoms with Gasteiger partial charge in [0, 0.05) is 12.2 Å². The quantitative estimate of drug-likeness (QED) is 0.825. The molecule has 1 heterocycles. The summed E-state index contributed by atoms with van der Waals surface area (Å²) in [7, 11) is 0. The number of hydrogen-bond acceptors (Lipinski definition) is 3. The summed E-state index contributed by atoms with van der Waals surface area (Å²) in [4.78, 5) is 23.1. The Bertz CT molecular complexity index is 480.